The van der Waals surface area contributed by atoms with Gasteiger partial charge in [-0.2, -0.15) is 0 Å². The summed E-state index contributed by atoms with van der Waals surface area (Å²) in [5.41, 5.74) is 6.11. The zero-order valence-electron chi connectivity index (χ0n) is 18.5. The number of esters is 1. The molecule has 0 fully saturated rings. The van der Waals surface area contributed by atoms with E-state index in [0.29, 0.717) is 24.5 Å². The van der Waals surface area contributed by atoms with Crippen LogP contribution in [0.1, 0.15) is 36.8 Å². The first-order chi connectivity index (χ1) is 16.0. The van der Waals surface area contributed by atoms with E-state index < -0.39 is 4.92 Å². The normalized spacial score (nSPS) is 11.4. The van der Waals surface area contributed by atoms with Gasteiger partial charge in [-0.1, -0.05) is 30.3 Å². The van der Waals surface area contributed by atoms with Crippen molar-refractivity contribution < 1.29 is 19.2 Å². The van der Waals surface area contributed by atoms with Gasteiger partial charge in [-0.25, -0.2) is 0 Å². The number of nitrogens with one attached hydrogen (secondary N) is 1. The Bertz CT molecular complexity index is 1180. The Morgan fingerprint density at radius 3 is 2.64 bits per heavy atom. The third-order valence-electron chi connectivity index (χ3n) is 5.76. The van der Waals surface area contributed by atoms with Crippen LogP contribution < -0.4 is 10.1 Å². The van der Waals surface area contributed by atoms with E-state index in [1.54, 1.807) is 12.1 Å². The summed E-state index contributed by atoms with van der Waals surface area (Å²) in [4.78, 5) is 22.3. The van der Waals surface area contributed by atoms with Crippen LogP contribution in [0.4, 0.5) is 17.1 Å². The van der Waals surface area contributed by atoms with Crippen molar-refractivity contribution in [1.82, 2.24) is 0 Å². The number of hydrogen-bond donors (Lipinski definition) is 1. The van der Waals surface area contributed by atoms with Gasteiger partial charge in [-0.05, 0) is 66.1 Å². The van der Waals surface area contributed by atoms with Crippen LogP contribution in [0.5, 0.6) is 5.75 Å². The molecule has 1 aliphatic rings. The second-order valence-corrected chi connectivity index (χ2v) is 8.00. The molecule has 0 radical (unpaired) electrons. The topological polar surface area (TPSA) is 90.7 Å². The van der Waals surface area contributed by atoms with Gasteiger partial charge in [0.2, 0.25) is 0 Å². The van der Waals surface area contributed by atoms with Crippen LogP contribution in [0.25, 0.3) is 11.1 Å². The molecule has 0 unspecified atom stereocenters. The third kappa shape index (κ3) is 5.31. The number of benzene rings is 3. The largest absolute Gasteiger partial charge is 0.494 e. The molecule has 33 heavy (non-hydrogen) atoms. The standard InChI is InChI=1S/C26H26N2O5/c1-32-26(29)9-3-2-6-14-33-21-11-13-25(28(30)31)24(17-21)27-20-10-12-23-19(16-20)15-18-7-4-5-8-22(18)23/h4-5,7-8,10-13,16-17,27H,2-3,6,9,14-15H2,1H3. The van der Waals surface area contributed by atoms with Crippen LogP contribution in [-0.2, 0) is 16.0 Å². The lowest BCUT2D eigenvalue weighted by atomic mass is 10.1. The molecule has 170 valence electrons. The number of nitro benzene ring substituents is 1. The summed E-state index contributed by atoms with van der Waals surface area (Å²) in [6.45, 7) is 0.468. The predicted molar refractivity (Wildman–Crippen MR) is 127 cm³/mol. The molecule has 4 rings (SSSR count). The summed E-state index contributed by atoms with van der Waals surface area (Å²) in [5, 5.41) is 14.8. The molecule has 1 aliphatic carbocycles. The van der Waals surface area contributed by atoms with Gasteiger partial charge in [0.05, 0.1) is 18.6 Å². The Kier molecular flexibility index (Phi) is 6.88. The predicted octanol–water partition coefficient (Wildman–Crippen LogP) is 6.02. The van der Waals surface area contributed by atoms with Gasteiger partial charge >= 0.3 is 5.97 Å². The highest BCUT2D eigenvalue weighted by molar-refractivity contribution is 5.80. The smallest absolute Gasteiger partial charge is 0.305 e. The van der Waals surface area contributed by atoms with Crippen LogP contribution in [0.15, 0.2) is 60.7 Å². The molecule has 7 nitrogen and oxygen atoms in total. The minimum atomic E-state index is -0.401. The number of nitro groups is 1. The lowest BCUT2D eigenvalue weighted by Gasteiger charge is -2.12. The molecule has 0 aromatic heterocycles. The molecule has 0 spiro atoms. The third-order valence-corrected chi connectivity index (χ3v) is 5.76. The van der Waals surface area contributed by atoms with Crippen molar-refractivity contribution in [1.29, 1.82) is 0 Å². The molecule has 1 N–H and O–H groups in total. The first-order valence-corrected chi connectivity index (χ1v) is 11.0. The fraction of sp³-hybridized carbons (Fsp3) is 0.269. The molecule has 3 aromatic carbocycles. The fourth-order valence-corrected chi connectivity index (χ4v) is 4.08. The molecule has 0 saturated heterocycles. The summed E-state index contributed by atoms with van der Waals surface area (Å²) in [5.74, 6) is 0.349. The van der Waals surface area contributed by atoms with Crippen molar-refractivity contribution in [2.24, 2.45) is 0 Å². The van der Waals surface area contributed by atoms with E-state index >= 15 is 0 Å². The fourth-order valence-electron chi connectivity index (χ4n) is 4.08. The summed E-state index contributed by atoms with van der Waals surface area (Å²) >= 11 is 0. The molecule has 0 amide bonds. The van der Waals surface area contributed by atoms with E-state index in [9.17, 15) is 14.9 Å². The Hall–Kier alpha value is -3.87. The average Bonchev–Trinajstić information content (AvgIpc) is 3.18. The number of methoxy groups -OCH3 is 1. The maximum atomic E-state index is 11.6. The zero-order valence-corrected chi connectivity index (χ0v) is 18.5. The monoisotopic (exact) mass is 446 g/mol. The maximum Gasteiger partial charge on any atom is 0.305 e. The van der Waals surface area contributed by atoms with Gasteiger partial charge in [-0.15, -0.1) is 0 Å². The molecule has 0 heterocycles. The second-order valence-electron chi connectivity index (χ2n) is 8.00. The quantitative estimate of drug-likeness (QED) is 0.139. The van der Waals surface area contributed by atoms with Crippen molar-refractivity contribution in [3.63, 3.8) is 0 Å². The van der Waals surface area contributed by atoms with Crippen molar-refractivity contribution in [3.05, 3.63) is 81.9 Å². The molecular formula is C26H26N2O5. The van der Waals surface area contributed by atoms with E-state index in [4.69, 9.17) is 4.74 Å². The highest BCUT2D eigenvalue weighted by Gasteiger charge is 2.19. The summed E-state index contributed by atoms with van der Waals surface area (Å²) in [6, 6.07) is 19.1. The molecule has 0 saturated carbocycles. The summed E-state index contributed by atoms with van der Waals surface area (Å²) < 4.78 is 10.4. The number of carbonyl (C=O) groups is 1. The Morgan fingerprint density at radius 2 is 1.82 bits per heavy atom. The number of hydrogen-bond acceptors (Lipinski definition) is 6. The summed E-state index contributed by atoms with van der Waals surface area (Å²) in [6.07, 6.45) is 3.61. The lowest BCUT2D eigenvalue weighted by molar-refractivity contribution is -0.383. The van der Waals surface area contributed by atoms with Crippen LogP contribution in [0.3, 0.4) is 0 Å². The highest BCUT2D eigenvalue weighted by atomic mass is 16.6. The van der Waals surface area contributed by atoms with Gasteiger partial charge in [0.15, 0.2) is 0 Å². The van der Waals surface area contributed by atoms with Gasteiger partial charge in [0.1, 0.15) is 11.4 Å². The van der Waals surface area contributed by atoms with Crippen molar-refractivity contribution in [2.45, 2.75) is 32.1 Å². The maximum absolute atomic E-state index is 11.6. The van der Waals surface area contributed by atoms with Crippen LogP contribution in [0.2, 0.25) is 0 Å². The second kappa shape index (κ2) is 10.2. The number of unbranched alkanes of at least 4 members (excludes halogenated alkanes) is 2. The van der Waals surface area contributed by atoms with Gasteiger partial charge < -0.3 is 14.8 Å². The molecule has 3 aromatic rings. The Labute approximate surface area is 192 Å². The number of ether oxygens (including phenoxy) is 2. The van der Waals surface area contributed by atoms with E-state index in [0.717, 1.165) is 31.4 Å². The first-order valence-electron chi connectivity index (χ1n) is 11.0. The number of carbonyl (C=O) groups excluding carboxylic acids is 1. The van der Waals surface area contributed by atoms with Crippen LogP contribution in [0, 0.1) is 10.1 Å². The number of anilines is 2. The molecular weight excluding hydrogens is 420 g/mol. The lowest BCUT2D eigenvalue weighted by Crippen LogP contribution is -2.02. The van der Waals surface area contributed by atoms with Crippen molar-refractivity contribution >= 4 is 23.0 Å². The zero-order chi connectivity index (χ0) is 23.2. The van der Waals surface area contributed by atoms with Gasteiger partial charge in [0.25, 0.3) is 5.69 Å². The van der Waals surface area contributed by atoms with E-state index in [2.05, 4.69) is 28.3 Å². The molecule has 0 bridgehead atoms. The first kappa shape index (κ1) is 22.3. The number of rotatable bonds is 10. The van der Waals surface area contributed by atoms with E-state index in [1.165, 1.54) is 35.4 Å². The van der Waals surface area contributed by atoms with Crippen molar-refractivity contribution in [2.75, 3.05) is 19.0 Å². The summed E-state index contributed by atoms with van der Waals surface area (Å²) in [7, 11) is 1.38. The number of nitrogens with zero attached hydrogens (tertiary/aromatic N) is 1. The van der Waals surface area contributed by atoms with E-state index in [1.807, 2.05) is 24.3 Å². The molecule has 0 atom stereocenters. The number of fused-ring (bicyclic) bond motifs is 3. The van der Waals surface area contributed by atoms with Crippen LogP contribution in [-0.4, -0.2) is 24.6 Å². The van der Waals surface area contributed by atoms with Gasteiger partial charge in [0, 0.05) is 24.2 Å². The SMILES string of the molecule is COC(=O)CCCCCOc1ccc([N+](=O)[O-])c(Nc2ccc3c(c2)Cc2ccccc2-3)c1. The molecule has 0 aliphatic heterocycles. The van der Waals surface area contributed by atoms with E-state index in [-0.39, 0.29) is 11.7 Å². The minimum Gasteiger partial charge on any atom is -0.494 e. The Balaban J connectivity index is 1.42. The molecule has 7 heteroatoms. The highest BCUT2D eigenvalue weighted by Crippen LogP contribution is 2.39. The van der Waals surface area contributed by atoms with Crippen LogP contribution >= 0.6 is 0 Å². The van der Waals surface area contributed by atoms with Gasteiger partial charge in [-0.3, -0.25) is 14.9 Å². The van der Waals surface area contributed by atoms with Crippen molar-refractivity contribution in [3.8, 4) is 16.9 Å². The Morgan fingerprint density at radius 1 is 1.00 bits per heavy atom. The average molecular weight is 447 g/mol. The minimum absolute atomic E-state index is 0.00999.